The number of amides is 1. The highest BCUT2D eigenvalue weighted by atomic mass is 32.2. The first-order valence-corrected chi connectivity index (χ1v) is 8.27. The maximum absolute atomic E-state index is 11.3. The van der Waals surface area contributed by atoms with Gasteiger partial charge in [-0.3, -0.25) is 4.79 Å². The molecule has 0 spiro atoms. The summed E-state index contributed by atoms with van der Waals surface area (Å²) in [5, 5.41) is 5.09. The highest BCUT2D eigenvalue weighted by Gasteiger charge is 2.22. The van der Waals surface area contributed by atoms with Crippen LogP contribution in [0.4, 0.5) is 11.4 Å². The van der Waals surface area contributed by atoms with Crippen molar-refractivity contribution in [3.8, 4) is 0 Å². The number of piperidine rings is 1. The summed E-state index contributed by atoms with van der Waals surface area (Å²) in [6.45, 7) is 1.57. The lowest BCUT2D eigenvalue weighted by molar-refractivity contribution is -0.119. The normalized spacial score (nSPS) is 16.9. The number of carbonyl (C=O) groups excluding carboxylic acids is 1. The van der Waals surface area contributed by atoms with Gasteiger partial charge in [-0.25, -0.2) is 13.6 Å². The largest absolute Gasteiger partial charge is 0.398 e. The van der Waals surface area contributed by atoms with E-state index in [9.17, 15) is 13.2 Å². The summed E-state index contributed by atoms with van der Waals surface area (Å²) >= 11 is 0. The lowest BCUT2D eigenvalue weighted by atomic mass is 9.93. The predicted octanol–water partition coefficient (Wildman–Crippen LogP) is 0.00800. The summed E-state index contributed by atoms with van der Waals surface area (Å²) in [5.74, 6) is 0.0509. The summed E-state index contributed by atoms with van der Waals surface area (Å²) < 4.78 is 22.7. The minimum Gasteiger partial charge on any atom is -0.398 e. The number of primary sulfonamides is 1. The molecule has 0 bridgehead atoms. The smallest absolute Gasteiger partial charge is 0.240 e. The summed E-state index contributed by atoms with van der Waals surface area (Å²) in [5.41, 5.74) is 12.0. The van der Waals surface area contributed by atoms with Gasteiger partial charge in [-0.15, -0.1) is 0 Å². The highest BCUT2D eigenvalue weighted by Crippen LogP contribution is 2.28. The van der Waals surface area contributed by atoms with E-state index in [1.165, 1.54) is 6.07 Å². The SMILES string of the molecule is NC(=O)CC1CCN(c2ccc(S(N)(=O)=O)c(N)c2)CC1. The Bertz CT molecular complexity index is 637. The molecule has 1 amide bonds. The van der Waals surface area contributed by atoms with Gasteiger partial charge in [0.05, 0.1) is 5.69 Å². The van der Waals surface area contributed by atoms with Crippen LogP contribution in [0, 0.1) is 5.92 Å². The molecule has 116 valence electrons. The van der Waals surface area contributed by atoms with E-state index in [0.29, 0.717) is 12.3 Å². The second-order valence-electron chi connectivity index (χ2n) is 5.37. The molecule has 1 fully saturated rings. The molecule has 0 unspecified atom stereocenters. The van der Waals surface area contributed by atoms with Gasteiger partial charge in [0.25, 0.3) is 0 Å². The number of sulfonamides is 1. The third kappa shape index (κ3) is 3.85. The molecule has 1 aromatic carbocycles. The minimum absolute atomic E-state index is 0.0603. The minimum atomic E-state index is -3.80. The molecule has 8 heteroatoms. The van der Waals surface area contributed by atoms with E-state index < -0.39 is 10.0 Å². The zero-order valence-corrected chi connectivity index (χ0v) is 12.5. The Labute approximate surface area is 124 Å². The van der Waals surface area contributed by atoms with Gasteiger partial charge in [-0.1, -0.05) is 0 Å². The molecule has 1 saturated heterocycles. The van der Waals surface area contributed by atoms with Crippen molar-refractivity contribution >= 4 is 27.3 Å². The van der Waals surface area contributed by atoms with Gasteiger partial charge in [0, 0.05) is 25.2 Å². The quantitative estimate of drug-likeness (QED) is 0.673. The van der Waals surface area contributed by atoms with Crippen molar-refractivity contribution in [3.05, 3.63) is 18.2 Å². The van der Waals surface area contributed by atoms with E-state index in [-0.39, 0.29) is 16.5 Å². The molecule has 1 aliphatic rings. The van der Waals surface area contributed by atoms with Crippen LogP contribution in [0.25, 0.3) is 0 Å². The zero-order valence-electron chi connectivity index (χ0n) is 11.7. The van der Waals surface area contributed by atoms with Crippen LogP contribution >= 0.6 is 0 Å². The van der Waals surface area contributed by atoms with Crippen molar-refractivity contribution in [2.45, 2.75) is 24.2 Å². The second kappa shape index (κ2) is 5.90. The molecule has 1 aromatic rings. The Hall–Kier alpha value is -1.80. The molecule has 0 atom stereocenters. The summed E-state index contributed by atoms with van der Waals surface area (Å²) in [7, 11) is -3.80. The van der Waals surface area contributed by atoms with Crippen LogP contribution in [0.3, 0.4) is 0 Å². The van der Waals surface area contributed by atoms with E-state index in [2.05, 4.69) is 4.90 Å². The van der Waals surface area contributed by atoms with Crippen LogP contribution in [-0.4, -0.2) is 27.4 Å². The van der Waals surface area contributed by atoms with Crippen molar-refractivity contribution in [1.82, 2.24) is 0 Å². The first-order valence-electron chi connectivity index (χ1n) is 6.73. The number of primary amides is 1. The first kappa shape index (κ1) is 15.6. The molecule has 21 heavy (non-hydrogen) atoms. The van der Waals surface area contributed by atoms with Crippen LogP contribution in [0.1, 0.15) is 19.3 Å². The summed E-state index contributed by atoms with van der Waals surface area (Å²) in [4.78, 5) is 13.0. The monoisotopic (exact) mass is 312 g/mol. The van der Waals surface area contributed by atoms with Gasteiger partial charge < -0.3 is 16.4 Å². The molecule has 0 aliphatic carbocycles. The molecule has 1 heterocycles. The Kier molecular flexibility index (Phi) is 4.38. The number of hydrogen-bond donors (Lipinski definition) is 3. The number of carbonyl (C=O) groups is 1. The Morgan fingerprint density at radius 3 is 2.38 bits per heavy atom. The standard InChI is InChI=1S/C13H20N4O3S/c14-11-8-10(1-2-12(11)21(16,19)20)17-5-3-9(4-6-17)7-13(15)18/h1-2,8-9H,3-7,14H2,(H2,15,18)(H2,16,19,20). The summed E-state index contributed by atoms with van der Waals surface area (Å²) in [6.07, 6.45) is 2.17. The Morgan fingerprint density at radius 2 is 1.90 bits per heavy atom. The number of nitrogens with zero attached hydrogens (tertiary/aromatic N) is 1. The van der Waals surface area contributed by atoms with E-state index in [0.717, 1.165) is 31.6 Å². The van der Waals surface area contributed by atoms with E-state index >= 15 is 0 Å². The third-order valence-electron chi connectivity index (χ3n) is 3.77. The van der Waals surface area contributed by atoms with Crippen LogP contribution in [-0.2, 0) is 14.8 Å². The summed E-state index contributed by atoms with van der Waals surface area (Å²) in [6, 6.07) is 4.74. The van der Waals surface area contributed by atoms with Gasteiger partial charge >= 0.3 is 0 Å². The fraction of sp³-hybridized carbons (Fsp3) is 0.462. The molecule has 2 rings (SSSR count). The Balaban J connectivity index is 2.08. The average molecular weight is 312 g/mol. The topological polar surface area (TPSA) is 133 Å². The maximum atomic E-state index is 11.3. The number of anilines is 2. The molecule has 7 nitrogen and oxygen atoms in total. The molecule has 6 N–H and O–H groups in total. The molecule has 0 aromatic heterocycles. The molecular weight excluding hydrogens is 292 g/mol. The van der Waals surface area contributed by atoms with E-state index in [1.807, 2.05) is 0 Å². The van der Waals surface area contributed by atoms with E-state index in [1.54, 1.807) is 12.1 Å². The lowest BCUT2D eigenvalue weighted by Gasteiger charge is -2.33. The van der Waals surface area contributed by atoms with Crippen molar-refractivity contribution < 1.29 is 13.2 Å². The second-order valence-corrected chi connectivity index (χ2v) is 6.90. The number of nitrogen functional groups attached to an aromatic ring is 1. The van der Waals surface area contributed by atoms with Gasteiger partial charge in [-0.05, 0) is 37.0 Å². The van der Waals surface area contributed by atoms with Crippen LogP contribution < -0.4 is 21.5 Å². The van der Waals surface area contributed by atoms with Gasteiger partial charge in [0.2, 0.25) is 15.9 Å². The molecule has 0 radical (unpaired) electrons. The number of rotatable bonds is 4. The van der Waals surface area contributed by atoms with Gasteiger partial charge in [0.1, 0.15) is 4.90 Å². The fourth-order valence-corrected chi connectivity index (χ4v) is 3.32. The lowest BCUT2D eigenvalue weighted by Crippen LogP contribution is -2.35. The van der Waals surface area contributed by atoms with E-state index in [4.69, 9.17) is 16.6 Å². The van der Waals surface area contributed by atoms with Crippen LogP contribution in [0.15, 0.2) is 23.1 Å². The number of nitrogens with two attached hydrogens (primary N) is 3. The first-order chi connectivity index (χ1) is 9.77. The predicted molar refractivity (Wildman–Crippen MR) is 81.0 cm³/mol. The zero-order chi connectivity index (χ0) is 15.6. The van der Waals surface area contributed by atoms with Crippen LogP contribution in [0.5, 0.6) is 0 Å². The van der Waals surface area contributed by atoms with Crippen molar-refractivity contribution in [1.29, 1.82) is 0 Å². The van der Waals surface area contributed by atoms with Crippen molar-refractivity contribution in [2.24, 2.45) is 16.8 Å². The number of benzene rings is 1. The number of hydrogen-bond acceptors (Lipinski definition) is 5. The maximum Gasteiger partial charge on any atom is 0.240 e. The third-order valence-corrected chi connectivity index (χ3v) is 4.75. The molecule has 1 aliphatic heterocycles. The van der Waals surface area contributed by atoms with Gasteiger partial charge in [-0.2, -0.15) is 0 Å². The average Bonchev–Trinajstić information content (AvgIpc) is 2.37. The van der Waals surface area contributed by atoms with Crippen LogP contribution in [0.2, 0.25) is 0 Å². The van der Waals surface area contributed by atoms with Crippen molar-refractivity contribution in [2.75, 3.05) is 23.7 Å². The molecule has 0 saturated carbocycles. The Morgan fingerprint density at radius 1 is 1.29 bits per heavy atom. The highest BCUT2D eigenvalue weighted by molar-refractivity contribution is 7.89. The molecular formula is C13H20N4O3S. The van der Waals surface area contributed by atoms with Crippen molar-refractivity contribution in [3.63, 3.8) is 0 Å². The fourth-order valence-electron chi connectivity index (χ4n) is 2.67. The van der Waals surface area contributed by atoms with Gasteiger partial charge in [0.15, 0.2) is 0 Å².